The second kappa shape index (κ2) is 10.9. The lowest BCUT2D eigenvalue weighted by Gasteiger charge is -2.29. The number of fused-ring (bicyclic) bond motifs is 1. The first kappa shape index (κ1) is 25.3. The van der Waals surface area contributed by atoms with Crippen molar-refractivity contribution in [3.8, 4) is 11.5 Å². The number of rotatable bonds is 8. The van der Waals surface area contributed by atoms with Gasteiger partial charge in [0.2, 0.25) is 0 Å². The van der Waals surface area contributed by atoms with Crippen LogP contribution in [0.15, 0.2) is 48.0 Å². The van der Waals surface area contributed by atoms with Gasteiger partial charge in [-0.1, -0.05) is 12.1 Å². The molecular formula is C29H34N2O6. The summed E-state index contributed by atoms with van der Waals surface area (Å²) in [7, 11) is 0. The molecule has 1 N–H and O–H groups in total. The van der Waals surface area contributed by atoms with E-state index in [2.05, 4.69) is 4.90 Å². The number of benzene rings is 2. The maximum absolute atomic E-state index is 13.4. The van der Waals surface area contributed by atoms with Gasteiger partial charge in [-0.25, -0.2) is 0 Å². The molecule has 2 atom stereocenters. The van der Waals surface area contributed by atoms with E-state index < -0.39 is 17.7 Å². The van der Waals surface area contributed by atoms with Crippen molar-refractivity contribution in [1.29, 1.82) is 0 Å². The fourth-order valence-electron chi connectivity index (χ4n) is 5.41. The highest BCUT2D eigenvalue weighted by Gasteiger charge is 2.46. The SMILES string of the molecule is CCOc1cccc([C@H]2/C(=C(\O)c3ccc4c(c3)C[C@@H](C)O4)C(=O)C(=O)N2CCCN2CCOCC2)c1. The van der Waals surface area contributed by atoms with Gasteiger partial charge in [0.1, 0.15) is 23.4 Å². The second-order valence-electron chi connectivity index (χ2n) is 9.76. The first-order valence-corrected chi connectivity index (χ1v) is 13.1. The number of morpholine rings is 1. The zero-order valence-corrected chi connectivity index (χ0v) is 21.4. The Balaban J connectivity index is 1.49. The van der Waals surface area contributed by atoms with Gasteiger partial charge >= 0.3 is 0 Å². The molecule has 0 unspecified atom stereocenters. The summed E-state index contributed by atoms with van der Waals surface area (Å²) in [6, 6.07) is 12.1. The lowest BCUT2D eigenvalue weighted by atomic mass is 9.94. The van der Waals surface area contributed by atoms with Crippen molar-refractivity contribution in [2.45, 2.75) is 38.8 Å². The summed E-state index contributed by atoms with van der Waals surface area (Å²) in [6.07, 6.45) is 1.50. The average Bonchev–Trinajstić information content (AvgIpc) is 3.40. The quantitative estimate of drug-likeness (QED) is 0.333. The summed E-state index contributed by atoms with van der Waals surface area (Å²) in [5.74, 6) is 0.0219. The van der Waals surface area contributed by atoms with Gasteiger partial charge < -0.3 is 24.2 Å². The Morgan fingerprint density at radius 2 is 1.92 bits per heavy atom. The van der Waals surface area contributed by atoms with E-state index in [0.717, 1.165) is 42.9 Å². The van der Waals surface area contributed by atoms with E-state index in [4.69, 9.17) is 14.2 Å². The largest absolute Gasteiger partial charge is 0.507 e. The number of nitrogens with zero attached hydrogens (tertiary/aromatic N) is 2. The highest BCUT2D eigenvalue weighted by molar-refractivity contribution is 6.46. The van der Waals surface area contributed by atoms with Crippen molar-refractivity contribution in [1.82, 2.24) is 9.80 Å². The Morgan fingerprint density at radius 3 is 2.70 bits per heavy atom. The molecule has 196 valence electrons. The molecule has 3 aliphatic rings. The van der Waals surface area contributed by atoms with Gasteiger partial charge in [-0.2, -0.15) is 0 Å². The number of hydrogen-bond donors (Lipinski definition) is 1. The molecule has 37 heavy (non-hydrogen) atoms. The number of likely N-dealkylation sites (tertiary alicyclic amines) is 1. The summed E-state index contributed by atoms with van der Waals surface area (Å²) in [5, 5.41) is 11.4. The van der Waals surface area contributed by atoms with Gasteiger partial charge in [-0.05, 0) is 61.7 Å². The molecule has 5 rings (SSSR count). The van der Waals surface area contributed by atoms with Gasteiger partial charge in [-0.3, -0.25) is 14.5 Å². The Kier molecular flexibility index (Phi) is 7.48. The highest BCUT2D eigenvalue weighted by Crippen LogP contribution is 2.41. The van der Waals surface area contributed by atoms with E-state index in [1.165, 1.54) is 0 Å². The average molecular weight is 507 g/mol. The third-order valence-electron chi connectivity index (χ3n) is 7.17. The number of ketones is 1. The van der Waals surface area contributed by atoms with Crippen molar-refractivity contribution in [3.05, 3.63) is 64.7 Å². The van der Waals surface area contributed by atoms with Crippen LogP contribution in [-0.2, 0) is 20.7 Å². The van der Waals surface area contributed by atoms with E-state index in [9.17, 15) is 14.7 Å². The minimum Gasteiger partial charge on any atom is -0.507 e. The van der Waals surface area contributed by atoms with E-state index in [-0.39, 0.29) is 17.4 Å². The van der Waals surface area contributed by atoms with Crippen molar-refractivity contribution in [2.24, 2.45) is 0 Å². The third-order valence-corrected chi connectivity index (χ3v) is 7.17. The number of aliphatic hydroxyl groups excluding tert-OH is 1. The molecule has 0 spiro atoms. The molecule has 8 nitrogen and oxygen atoms in total. The van der Waals surface area contributed by atoms with Gasteiger partial charge in [-0.15, -0.1) is 0 Å². The minimum absolute atomic E-state index is 0.0609. The number of amides is 1. The molecule has 3 heterocycles. The van der Waals surface area contributed by atoms with Gasteiger partial charge in [0.15, 0.2) is 0 Å². The van der Waals surface area contributed by atoms with Crippen LogP contribution in [0.2, 0.25) is 0 Å². The summed E-state index contributed by atoms with van der Waals surface area (Å²) in [4.78, 5) is 30.6. The Labute approximate surface area is 217 Å². The van der Waals surface area contributed by atoms with Crippen LogP contribution in [-0.4, -0.2) is 78.7 Å². The molecule has 0 saturated carbocycles. The molecule has 8 heteroatoms. The van der Waals surface area contributed by atoms with Gasteiger partial charge in [0.05, 0.1) is 31.4 Å². The van der Waals surface area contributed by atoms with E-state index in [1.54, 1.807) is 11.0 Å². The van der Waals surface area contributed by atoms with Crippen LogP contribution < -0.4 is 9.47 Å². The van der Waals surface area contributed by atoms with Crippen LogP contribution in [0.4, 0.5) is 0 Å². The number of Topliss-reactive ketones (excluding diaryl/α,β-unsaturated/α-hetero) is 1. The van der Waals surface area contributed by atoms with E-state index >= 15 is 0 Å². The Morgan fingerprint density at radius 1 is 1.11 bits per heavy atom. The zero-order chi connectivity index (χ0) is 25.9. The molecule has 1 amide bonds. The van der Waals surface area contributed by atoms with Crippen molar-refractivity contribution < 1.29 is 28.9 Å². The molecule has 0 bridgehead atoms. The maximum Gasteiger partial charge on any atom is 0.295 e. The smallest absolute Gasteiger partial charge is 0.295 e. The Bertz CT molecular complexity index is 1200. The Hall–Kier alpha value is -3.36. The number of ether oxygens (including phenoxy) is 3. The lowest BCUT2D eigenvalue weighted by molar-refractivity contribution is -0.140. The van der Waals surface area contributed by atoms with E-state index in [0.29, 0.717) is 44.1 Å². The van der Waals surface area contributed by atoms with Crippen LogP contribution in [0.25, 0.3) is 5.76 Å². The molecular weight excluding hydrogens is 472 g/mol. The van der Waals surface area contributed by atoms with Crippen molar-refractivity contribution >= 4 is 17.4 Å². The summed E-state index contributed by atoms with van der Waals surface area (Å²) in [5.41, 5.74) is 2.33. The standard InChI is InChI=1S/C29H34N2O6/c1-3-36-23-7-4-6-20(18-23)26-25(27(32)21-8-9-24-22(17-21)16-19(2)37-24)28(33)29(34)31(26)11-5-10-30-12-14-35-15-13-30/h4,6-9,17-19,26,32H,3,5,10-16H2,1-2H3/b27-25+/t19-,26+/m1/s1. The summed E-state index contributed by atoms with van der Waals surface area (Å²) < 4.78 is 16.9. The van der Waals surface area contributed by atoms with Crippen LogP contribution in [0.1, 0.15) is 43.0 Å². The summed E-state index contributed by atoms with van der Waals surface area (Å²) in [6.45, 7) is 8.74. The number of carbonyl (C=O) groups is 2. The molecule has 0 aromatic heterocycles. The molecule has 0 radical (unpaired) electrons. The second-order valence-corrected chi connectivity index (χ2v) is 9.76. The van der Waals surface area contributed by atoms with Crippen molar-refractivity contribution in [2.75, 3.05) is 46.0 Å². The first-order valence-electron chi connectivity index (χ1n) is 13.1. The predicted octanol–water partition coefficient (Wildman–Crippen LogP) is 3.55. The first-order chi connectivity index (χ1) is 18.0. The van der Waals surface area contributed by atoms with Crippen LogP contribution in [0.3, 0.4) is 0 Å². The molecule has 3 aliphatic heterocycles. The van der Waals surface area contributed by atoms with Crippen LogP contribution in [0.5, 0.6) is 11.5 Å². The normalized spacial score (nSPS) is 23.2. The third kappa shape index (κ3) is 5.22. The predicted molar refractivity (Wildman–Crippen MR) is 139 cm³/mol. The summed E-state index contributed by atoms with van der Waals surface area (Å²) >= 11 is 0. The van der Waals surface area contributed by atoms with Gasteiger partial charge in [0, 0.05) is 38.2 Å². The monoisotopic (exact) mass is 506 g/mol. The topological polar surface area (TPSA) is 88.5 Å². The molecule has 2 fully saturated rings. The number of aliphatic hydroxyl groups is 1. The molecule has 2 aromatic carbocycles. The lowest BCUT2D eigenvalue weighted by Crippen LogP contribution is -2.38. The van der Waals surface area contributed by atoms with Gasteiger partial charge in [0.25, 0.3) is 11.7 Å². The van der Waals surface area contributed by atoms with Crippen molar-refractivity contribution in [3.63, 3.8) is 0 Å². The molecule has 2 saturated heterocycles. The number of hydrogen-bond acceptors (Lipinski definition) is 7. The fourth-order valence-corrected chi connectivity index (χ4v) is 5.41. The minimum atomic E-state index is -0.700. The number of carbonyl (C=O) groups excluding carboxylic acids is 2. The maximum atomic E-state index is 13.4. The zero-order valence-electron chi connectivity index (χ0n) is 21.4. The van der Waals surface area contributed by atoms with E-state index in [1.807, 2.05) is 50.2 Å². The van der Waals surface area contributed by atoms with Crippen LogP contribution >= 0.6 is 0 Å². The molecule has 0 aliphatic carbocycles. The van der Waals surface area contributed by atoms with Crippen LogP contribution in [0, 0.1) is 0 Å². The highest BCUT2D eigenvalue weighted by atomic mass is 16.5. The molecule has 2 aromatic rings. The fraction of sp³-hybridized carbons (Fsp3) is 0.448.